The highest BCUT2D eigenvalue weighted by atomic mass is 32.2. The van der Waals surface area contributed by atoms with E-state index in [2.05, 4.69) is 4.98 Å². The summed E-state index contributed by atoms with van der Waals surface area (Å²) in [5.74, 6) is 0.195. The molecule has 1 aliphatic rings. The average molecular weight is 455 g/mol. The SMILES string of the molecule is COc1ccc(S(=O)(=O)N2CCN(c3ncc(/C=C/C(=O)NO)s3)CC2)cc1OC. The number of carbonyl (C=O) groups excluding carboxylic acids is 1. The highest BCUT2D eigenvalue weighted by molar-refractivity contribution is 7.89. The molecule has 30 heavy (non-hydrogen) atoms. The van der Waals surface area contributed by atoms with Gasteiger partial charge in [-0.05, 0) is 18.2 Å². The van der Waals surface area contributed by atoms with E-state index >= 15 is 0 Å². The standard InChI is InChI=1S/C18H22N4O6S2/c1-27-15-5-4-14(11-16(15)28-2)30(25,26)22-9-7-21(8-10-22)18-19-12-13(29-18)3-6-17(23)20-24/h3-6,11-12,24H,7-10H2,1-2H3,(H,20,23)/b6-3+. The van der Waals surface area contributed by atoms with Crippen LogP contribution in [-0.4, -0.2) is 69.2 Å². The summed E-state index contributed by atoms with van der Waals surface area (Å²) in [6.07, 6.45) is 4.36. The Morgan fingerprint density at radius 3 is 2.53 bits per heavy atom. The Labute approximate surface area is 178 Å². The Kier molecular flexibility index (Phi) is 6.92. The second kappa shape index (κ2) is 9.43. The first-order valence-electron chi connectivity index (χ1n) is 8.94. The fourth-order valence-electron chi connectivity index (χ4n) is 2.94. The Balaban J connectivity index is 1.67. The van der Waals surface area contributed by atoms with Gasteiger partial charge in [0, 0.05) is 49.4 Å². The predicted octanol–water partition coefficient (Wildman–Crippen LogP) is 1.19. The summed E-state index contributed by atoms with van der Waals surface area (Å²) >= 11 is 1.37. The number of benzene rings is 1. The molecule has 1 fully saturated rings. The number of rotatable bonds is 7. The summed E-state index contributed by atoms with van der Waals surface area (Å²) in [6, 6.07) is 4.54. The molecule has 12 heteroatoms. The molecule has 2 N–H and O–H groups in total. The molecule has 162 valence electrons. The number of carbonyl (C=O) groups is 1. The van der Waals surface area contributed by atoms with Gasteiger partial charge in [0.15, 0.2) is 16.6 Å². The van der Waals surface area contributed by atoms with Crippen LogP contribution in [0.3, 0.4) is 0 Å². The zero-order valence-corrected chi connectivity index (χ0v) is 18.1. The third-order valence-corrected chi connectivity index (χ3v) is 7.44. The quantitative estimate of drug-likeness (QED) is 0.364. The minimum Gasteiger partial charge on any atom is -0.493 e. The molecule has 1 aromatic carbocycles. The largest absolute Gasteiger partial charge is 0.493 e. The Bertz CT molecular complexity index is 1030. The van der Waals surface area contributed by atoms with Crippen LogP contribution in [0.25, 0.3) is 6.08 Å². The van der Waals surface area contributed by atoms with Crippen molar-refractivity contribution < 1.29 is 27.9 Å². The highest BCUT2D eigenvalue weighted by Crippen LogP contribution is 2.31. The van der Waals surface area contributed by atoms with Crippen LogP contribution in [0.1, 0.15) is 4.88 Å². The summed E-state index contributed by atoms with van der Waals surface area (Å²) in [7, 11) is -0.715. The normalized spacial score (nSPS) is 15.4. The first-order chi connectivity index (χ1) is 14.4. The summed E-state index contributed by atoms with van der Waals surface area (Å²) in [5.41, 5.74) is 1.52. The summed E-state index contributed by atoms with van der Waals surface area (Å²) < 4.78 is 37.8. The molecule has 1 saturated heterocycles. The lowest BCUT2D eigenvalue weighted by molar-refractivity contribution is -0.124. The lowest BCUT2D eigenvalue weighted by atomic mass is 10.3. The van der Waals surface area contributed by atoms with E-state index < -0.39 is 15.9 Å². The molecule has 0 atom stereocenters. The number of nitrogens with zero attached hydrogens (tertiary/aromatic N) is 3. The van der Waals surface area contributed by atoms with Crippen LogP contribution >= 0.6 is 11.3 Å². The number of thiazole rings is 1. The highest BCUT2D eigenvalue weighted by Gasteiger charge is 2.30. The maximum Gasteiger partial charge on any atom is 0.267 e. The van der Waals surface area contributed by atoms with E-state index in [4.69, 9.17) is 14.7 Å². The Morgan fingerprint density at radius 1 is 1.20 bits per heavy atom. The van der Waals surface area contributed by atoms with Gasteiger partial charge in [-0.1, -0.05) is 11.3 Å². The number of anilines is 1. The number of methoxy groups -OCH3 is 2. The van der Waals surface area contributed by atoms with Crippen LogP contribution in [-0.2, 0) is 14.8 Å². The van der Waals surface area contributed by atoms with Crippen LogP contribution in [0.15, 0.2) is 35.4 Å². The molecule has 0 saturated carbocycles. The van der Waals surface area contributed by atoms with Gasteiger partial charge >= 0.3 is 0 Å². The molecule has 1 amide bonds. The molecule has 0 unspecified atom stereocenters. The molecule has 0 aliphatic carbocycles. The third-order valence-electron chi connectivity index (χ3n) is 4.52. The molecule has 1 aromatic heterocycles. The number of hydrogen-bond acceptors (Lipinski definition) is 9. The number of sulfonamides is 1. The second-order valence-electron chi connectivity index (χ2n) is 6.26. The topological polar surface area (TPSA) is 121 Å². The van der Waals surface area contributed by atoms with Gasteiger partial charge in [0.1, 0.15) is 0 Å². The van der Waals surface area contributed by atoms with Crippen molar-refractivity contribution in [2.75, 3.05) is 45.3 Å². The number of hydroxylamine groups is 1. The number of ether oxygens (including phenoxy) is 2. The van der Waals surface area contributed by atoms with E-state index in [0.29, 0.717) is 37.7 Å². The lowest BCUT2D eigenvalue weighted by Gasteiger charge is -2.33. The van der Waals surface area contributed by atoms with Crippen molar-refractivity contribution in [2.45, 2.75) is 4.90 Å². The summed E-state index contributed by atoms with van der Waals surface area (Å²) in [4.78, 5) is 18.3. The molecular weight excluding hydrogens is 432 g/mol. The van der Waals surface area contributed by atoms with E-state index in [0.717, 1.165) is 10.0 Å². The molecule has 0 bridgehead atoms. The monoisotopic (exact) mass is 454 g/mol. The van der Waals surface area contributed by atoms with Crippen LogP contribution < -0.4 is 19.9 Å². The van der Waals surface area contributed by atoms with E-state index in [1.54, 1.807) is 18.3 Å². The maximum atomic E-state index is 13.0. The number of piperazine rings is 1. The van der Waals surface area contributed by atoms with Crippen LogP contribution in [0.5, 0.6) is 11.5 Å². The van der Waals surface area contributed by atoms with Crippen molar-refractivity contribution in [1.82, 2.24) is 14.8 Å². The molecular formula is C18H22N4O6S2. The molecule has 3 rings (SSSR count). The minimum absolute atomic E-state index is 0.150. The zero-order chi connectivity index (χ0) is 21.7. The van der Waals surface area contributed by atoms with Crippen molar-refractivity contribution in [3.05, 3.63) is 35.3 Å². The smallest absolute Gasteiger partial charge is 0.267 e. The van der Waals surface area contributed by atoms with Gasteiger partial charge in [0.2, 0.25) is 10.0 Å². The van der Waals surface area contributed by atoms with Crippen molar-refractivity contribution in [2.24, 2.45) is 0 Å². The van der Waals surface area contributed by atoms with Crippen LogP contribution in [0, 0.1) is 0 Å². The number of hydrogen-bond donors (Lipinski definition) is 2. The van der Waals surface area contributed by atoms with Gasteiger partial charge in [-0.2, -0.15) is 4.31 Å². The van der Waals surface area contributed by atoms with Gasteiger partial charge in [0.05, 0.1) is 19.1 Å². The van der Waals surface area contributed by atoms with E-state index in [1.165, 1.54) is 53.6 Å². The van der Waals surface area contributed by atoms with Crippen molar-refractivity contribution >= 4 is 38.5 Å². The first kappa shape index (κ1) is 22.0. The van der Waals surface area contributed by atoms with Gasteiger partial charge in [-0.25, -0.2) is 18.9 Å². The minimum atomic E-state index is -3.67. The zero-order valence-electron chi connectivity index (χ0n) is 16.4. The van der Waals surface area contributed by atoms with E-state index in [1.807, 2.05) is 4.90 Å². The molecule has 0 radical (unpaired) electrons. The fourth-order valence-corrected chi connectivity index (χ4v) is 5.25. The van der Waals surface area contributed by atoms with Gasteiger partial charge in [-0.15, -0.1) is 0 Å². The van der Waals surface area contributed by atoms with Crippen molar-refractivity contribution in [3.8, 4) is 11.5 Å². The second-order valence-corrected chi connectivity index (χ2v) is 9.24. The van der Waals surface area contributed by atoms with Gasteiger partial charge in [-0.3, -0.25) is 10.0 Å². The van der Waals surface area contributed by atoms with Crippen LogP contribution in [0.4, 0.5) is 5.13 Å². The summed E-state index contributed by atoms with van der Waals surface area (Å²) in [5, 5.41) is 9.25. The van der Waals surface area contributed by atoms with Crippen molar-refractivity contribution in [1.29, 1.82) is 0 Å². The Morgan fingerprint density at radius 2 is 1.90 bits per heavy atom. The fraction of sp³-hybridized carbons (Fsp3) is 0.333. The van der Waals surface area contributed by atoms with E-state index in [-0.39, 0.29) is 4.90 Å². The molecule has 2 heterocycles. The molecule has 1 aliphatic heterocycles. The number of aromatic nitrogens is 1. The molecule has 2 aromatic rings. The predicted molar refractivity (Wildman–Crippen MR) is 112 cm³/mol. The number of amides is 1. The van der Waals surface area contributed by atoms with Gasteiger partial charge < -0.3 is 14.4 Å². The third kappa shape index (κ3) is 4.73. The van der Waals surface area contributed by atoms with Crippen LogP contribution in [0.2, 0.25) is 0 Å². The maximum absolute atomic E-state index is 13.0. The lowest BCUT2D eigenvalue weighted by Crippen LogP contribution is -2.48. The van der Waals surface area contributed by atoms with E-state index in [9.17, 15) is 13.2 Å². The molecule has 0 spiro atoms. The van der Waals surface area contributed by atoms with Crippen molar-refractivity contribution in [3.63, 3.8) is 0 Å². The first-order valence-corrected chi connectivity index (χ1v) is 11.2. The van der Waals surface area contributed by atoms with Gasteiger partial charge in [0.25, 0.3) is 5.91 Å². The number of nitrogens with one attached hydrogen (secondary N) is 1. The summed E-state index contributed by atoms with van der Waals surface area (Å²) in [6.45, 7) is 1.60. The average Bonchev–Trinajstić information content (AvgIpc) is 3.26. The Hall–Kier alpha value is -2.67. The molecule has 10 nitrogen and oxygen atoms in total.